The van der Waals surface area contributed by atoms with Crippen LogP contribution in [0.3, 0.4) is 0 Å². The number of thiophene rings is 1. The maximum atomic E-state index is 13.3. The molecule has 3 aromatic rings. The van der Waals surface area contributed by atoms with Gasteiger partial charge in [0.15, 0.2) is 5.76 Å². The molecule has 4 rings (SSSR count). The van der Waals surface area contributed by atoms with Gasteiger partial charge < -0.3 is 9.47 Å². The predicted molar refractivity (Wildman–Crippen MR) is 99.2 cm³/mol. The minimum atomic E-state index is -0.297. The number of allylic oxidation sites excluding steroid dienone is 1. The molecule has 1 aliphatic rings. The molecule has 1 aliphatic heterocycles. The highest BCUT2D eigenvalue weighted by molar-refractivity contribution is 7.10. The van der Waals surface area contributed by atoms with Gasteiger partial charge in [-0.3, -0.25) is 4.79 Å². The van der Waals surface area contributed by atoms with Crippen LogP contribution in [0.1, 0.15) is 26.4 Å². The molecule has 130 valence electrons. The van der Waals surface area contributed by atoms with E-state index in [1.54, 1.807) is 41.7 Å². The normalized spacial score (nSPS) is 14.4. The Balaban J connectivity index is 1.58. The molecule has 5 heteroatoms. The third-order valence-corrected chi connectivity index (χ3v) is 4.96. The first-order chi connectivity index (χ1) is 12.6. The van der Waals surface area contributed by atoms with Crippen LogP contribution in [0.4, 0.5) is 4.39 Å². The molecular formula is C21H15FO3S. The van der Waals surface area contributed by atoms with Crippen LogP contribution in [-0.2, 0) is 6.61 Å². The maximum absolute atomic E-state index is 13.3. The van der Waals surface area contributed by atoms with E-state index in [9.17, 15) is 9.18 Å². The number of benzene rings is 2. The second kappa shape index (κ2) is 6.77. The lowest BCUT2D eigenvalue weighted by atomic mass is 10.1. The lowest BCUT2D eigenvalue weighted by molar-refractivity contribution is 0.101. The Hall–Kier alpha value is -2.92. The van der Waals surface area contributed by atoms with Gasteiger partial charge in [0.05, 0.1) is 5.56 Å². The van der Waals surface area contributed by atoms with E-state index in [1.165, 1.54) is 12.1 Å². The highest BCUT2D eigenvalue weighted by Crippen LogP contribution is 2.39. The summed E-state index contributed by atoms with van der Waals surface area (Å²) in [5.41, 5.74) is 2.02. The largest absolute Gasteiger partial charge is 0.488 e. The quantitative estimate of drug-likeness (QED) is 0.581. The summed E-state index contributed by atoms with van der Waals surface area (Å²) in [6, 6.07) is 13.6. The van der Waals surface area contributed by atoms with Crippen LogP contribution < -0.4 is 9.47 Å². The average Bonchev–Trinajstić information content (AvgIpc) is 3.24. The molecule has 0 radical (unpaired) electrons. The van der Waals surface area contributed by atoms with Gasteiger partial charge in [0.25, 0.3) is 0 Å². The number of carbonyl (C=O) groups is 1. The van der Waals surface area contributed by atoms with Crippen LogP contribution in [0, 0.1) is 12.7 Å². The van der Waals surface area contributed by atoms with Gasteiger partial charge in [0.1, 0.15) is 23.9 Å². The first kappa shape index (κ1) is 16.5. The summed E-state index contributed by atoms with van der Waals surface area (Å²) in [5, 5.41) is 1.95. The zero-order valence-electron chi connectivity index (χ0n) is 14.0. The van der Waals surface area contributed by atoms with E-state index in [0.29, 0.717) is 22.8 Å². The third kappa shape index (κ3) is 3.13. The van der Waals surface area contributed by atoms with Crippen molar-refractivity contribution in [2.45, 2.75) is 13.5 Å². The molecular weight excluding hydrogens is 351 g/mol. The van der Waals surface area contributed by atoms with Gasteiger partial charge in [-0.1, -0.05) is 18.2 Å². The molecule has 0 fully saturated rings. The Morgan fingerprint density at radius 2 is 2.08 bits per heavy atom. The third-order valence-electron chi connectivity index (χ3n) is 4.14. The number of halogens is 1. The second-order valence-corrected chi connectivity index (χ2v) is 6.92. The monoisotopic (exact) mass is 366 g/mol. The van der Waals surface area contributed by atoms with Gasteiger partial charge >= 0.3 is 0 Å². The molecule has 0 bridgehead atoms. The van der Waals surface area contributed by atoms with Crippen LogP contribution >= 0.6 is 11.3 Å². The number of ether oxygens (including phenoxy) is 2. The van der Waals surface area contributed by atoms with E-state index < -0.39 is 0 Å². The Labute approximate surface area is 154 Å². The summed E-state index contributed by atoms with van der Waals surface area (Å²) >= 11 is 1.54. The highest BCUT2D eigenvalue weighted by Gasteiger charge is 2.30. The lowest BCUT2D eigenvalue weighted by Gasteiger charge is -2.11. The molecule has 1 aromatic heterocycles. The van der Waals surface area contributed by atoms with Crippen molar-refractivity contribution in [3.63, 3.8) is 0 Å². The summed E-state index contributed by atoms with van der Waals surface area (Å²) in [7, 11) is 0. The number of hydrogen-bond acceptors (Lipinski definition) is 4. The fraction of sp³-hybridized carbons (Fsp3) is 0.0952. The van der Waals surface area contributed by atoms with Gasteiger partial charge in [-0.15, -0.1) is 11.3 Å². The number of rotatable bonds is 4. The topological polar surface area (TPSA) is 35.5 Å². The summed E-state index contributed by atoms with van der Waals surface area (Å²) in [6.45, 7) is 2.09. The van der Waals surface area contributed by atoms with Crippen LogP contribution in [0.15, 0.2) is 59.7 Å². The standard InChI is InChI=1S/C21H15FO3S/c1-13-18(24-12-14-4-2-5-15(22)10-14)8-7-17-20(23)19(25-21(13)17)11-16-6-3-9-26-16/h2-11H,12H2,1H3/b19-11-. The Morgan fingerprint density at radius 3 is 2.85 bits per heavy atom. The van der Waals surface area contributed by atoms with Gasteiger partial charge in [-0.2, -0.15) is 0 Å². The summed E-state index contributed by atoms with van der Waals surface area (Å²) in [5.74, 6) is 1.02. The molecule has 3 nitrogen and oxygen atoms in total. The van der Waals surface area contributed by atoms with Crippen molar-refractivity contribution in [1.82, 2.24) is 0 Å². The smallest absolute Gasteiger partial charge is 0.232 e. The van der Waals surface area contributed by atoms with Crippen molar-refractivity contribution in [3.8, 4) is 11.5 Å². The van der Waals surface area contributed by atoms with Gasteiger partial charge in [-0.05, 0) is 48.2 Å². The van der Waals surface area contributed by atoms with Crippen molar-refractivity contribution >= 4 is 23.2 Å². The number of fused-ring (bicyclic) bond motifs is 1. The van der Waals surface area contributed by atoms with E-state index >= 15 is 0 Å². The first-order valence-corrected chi connectivity index (χ1v) is 8.98. The zero-order valence-corrected chi connectivity index (χ0v) is 14.8. The first-order valence-electron chi connectivity index (χ1n) is 8.10. The van der Waals surface area contributed by atoms with Crippen LogP contribution in [-0.4, -0.2) is 5.78 Å². The van der Waals surface area contributed by atoms with E-state index in [4.69, 9.17) is 9.47 Å². The van der Waals surface area contributed by atoms with Gasteiger partial charge in [0.2, 0.25) is 5.78 Å². The highest BCUT2D eigenvalue weighted by atomic mass is 32.1. The van der Waals surface area contributed by atoms with Crippen LogP contribution in [0.5, 0.6) is 11.5 Å². The van der Waals surface area contributed by atoms with Crippen molar-refractivity contribution in [3.05, 3.63) is 87.1 Å². The van der Waals surface area contributed by atoms with Gasteiger partial charge in [-0.25, -0.2) is 4.39 Å². The average molecular weight is 366 g/mol. The maximum Gasteiger partial charge on any atom is 0.232 e. The molecule has 0 atom stereocenters. The Bertz CT molecular complexity index is 1010. The van der Waals surface area contributed by atoms with E-state index in [-0.39, 0.29) is 18.2 Å². The molecule has 0 amide bonds. The van der Waals surface area contributed by atoms with Crippen molar-refractivity contribution < 1.29 is 18.7 Å². The van der Waals surface area contributed by atoms with E-state index in [1.807, 2.05) is 24.4 Å². The molecule has 2 heterocycles. The number of hydrogen-bond donors (Lipinski definition) is 0. The van der Waals surface area contributed by atoms with Crippen molar-refractivity contribution in [1.29, 1.82) is 0 Å². The molecule has 0 spiro atoms. The predicted octanol–water partition coefficient (Wildman–Crippen LogP) is 5.39. The summed E-state index contributed by atoms with van der Waals surface area (Å²) in [4.78, 5) is 13.5. The number of carbonyl (C=O) groups excluding carboxylic acids is 1. The minimum absolute atomic E-state index is 0.131. The number of Topliss-reactive ketones (excluding diaryl/α,β-unsaturated/α-hetero) is 1. The molecule has 0 saturated carbocycles. The molecule has 0 saturated heterocycles. The fourth-order valence-electron chi connectivity index (χ4n) is 2.81. The Kier molecular flexibility index (Phi) is 4.31. The molecule has 0 unspecified atom stereocenters. The molecule has 26 heavy (non-hydrogen) atoms. The van der Waals surface area contributed by atoms with Crippen molar-refractivity contribution in [2.24, 2.45) is 0 Å². The Morgan fingerprint density at radius 1 is 1.19 bits per heavy atom. The molecule has 0 N–H and O–H groups in total. The second-order valence-electron chi connectivity index (χ2n) is 5.94. The van der Waals surface area contributed by atoms with E-state index in [0.717, 1.165) is 16.0 Å². The van der Waals surface area contributed by atoms with Crippen LogP contribution in [0.25, 0.3) is 6.08 Å². The zero-order chi connectivity index (χ0) is 18.1. The summed E-state index contributed by atoms with van der Waals surface area (Å²) < 4.78 is 24.9. The molecule has 0 aliphatic carbocycles. The van der Waals surface area contributed by atoms with Crippen LogP contribution in [0.2, 0.25) is 0 Å². The SMILES string of the molecule is Cc1c(OCc2cccc(F)c2)ccc2c1O/C(=C\c1cccs1)C2=O. The van der Waals surface area contributed by atoms with Crippen molar-refractivity contribution in [2.75, 3.05) is 0 Å². The number of ketones is 1. The summed E-state index contributed by atoms with van der Waals surface area (Å²) in [6.07, 6.45) is 1.75. The lowest BCUT2D eigenvalue weighted by Crippen LogP contribution is -1.98. The minimum Gasteiger partial charge on any atom is -0.488 e. The fourth-order valence-corrected chi connectivity index (χ4v) is 3.46. The van der Waals surface area contributed by atoms with Gasteiger partial charge in [0, 0.05) is 16.5 Å². The molecule has 2 aromatic carbocycles. The van der Waals surface area contributed by atoms with E-state index in [2.05, 4.69) is 0 Å².